The topological polar surface area (TPSA) is 89.0 Å². The summed E-state index contributed by atoms with van der Waals surface area (Å²) >= 11 is 5.92. The zero-order chi connectivity index (χ0) is 16.0. The van der Waals surface area contributed by atoms with Crippen LogP contribution >= 0.6 is 11.6 Å². The Balaban J connectivity index is 1.65. The molecule has 2 aromatic heterocycles. The molecule has 1 aliphatic heterocycles. The van der Waals surface area contributed by atoms with Gasteiger partial charge < -0.3 is 9.72 Å². The maximum absolute atomic E-state index is 12.6. The van der Waals surface area contributed by atoms with Crippen LogP contribution in [0.5, 0.6) is 0 Å². The van der Waals surface area contributed by atoms with E-state index in [0.717, 1.165) is 0 Å². The number of nitrogens with zero attached hydrogens (tertiary/aromatic N) is 2. The summed E-state index contributed by atoms with van der Waals surface area (Å²) in [5.74, 6) is 0. The van der Waals surface area contributed by atoms with Crippen molar-refractivity contribution in [3.05, 3.63) is 41.8 Å². The molecular formula is C14H13ClN4O3S. The van der Waals surface area contributed by atoms with Crippen molar-refractivity contribution in [2.24, 2.45) is 0 Å². The van der Waals surface area contributed by atoms with Crippen LogP contribution in [0.2, 0.25) is 5.02 Å². The van der Waals surface area contributed by atoms with Gasteiger partial charge in [0.25, 0.3) is 10.0 Å². The molecule has 0 unspecified atom stereocenters. The number of rotatable bonds is 4. The molecule has 0 radical (unpaired) electrons. The molecule has 1 aromatic carbocycles. The van der Waals surface area contributed by atoms with Gasteiger partial charge in [-0.3, -0.25) is 9.40 Å². The average Bonchev–Trinajstić information content (AvgIpc) is 3.03. The number of benzene rings is 1. The minimum Gasteiger partial charge on any atom is -0.377 e. The monoisotopic (exact) mass is 352 g/mol. The fourth-order valence-electron chi connectivity index (χ4n) is 2.47. The minimum absolute atomic E-state index is 0.170. The fraction of sp³-hybridized carbons (Fsp3) is 0.214. The van der Waals surface area contributed by atoms with E-state index in [1.807, 2.05) is 0 Å². The molecule has 7 nitrogen and oxygen atoms in total. The van der Waals surface area contributed by atoms with Crippen molar-refractivity contribution in [2.45, 2.75) is 10.9 Å². The molecule has 1 fully saturated rings. The summed E-state index contributed by atoms with van der Waals surface area (Å²) in [7, 11) is -3.72. The Morgan fingerprint density at radius 1 is 1.39 bits per heavy atom. The predicted octanol–water partition coefficient (Wildman–Crippen LogP) is 2.39. The normalized spacial score (nSPS) is 15.7. The number of hydrogen-bond donors (Lipinski definition) is 2. The number of halogens is 1. The standard InChI is InChI=1S/C14H13ClN4O3S/c15-9-1-2-12-13(3-9)16-5-14(12)23(20,21)18-10-4-17-19(6-10)11-7-22-8-11/h1-6,11,16,18H,7-8H2. The molecule has 0 spiro atoms. The zero-order valence-electron chi connectivity index (χ0n) is 11.9. The van der Waals surface area contributed by atoms with Crippen LogP contribution in [-0.2, 0) is 14.8 Å². The molecule has 0 atom stereocenters. The Hall–Kier alpha value is -2.03. The summed E-state index contributed by atoms with van der Waals surface area (Å²) in [4.78, 5) is 3.09. The first kappa shape index (κ1) is 14.6. The number of fused-ring (bicyclic) bond motifs is 1. The Morgan fingerprint density at radius 3 is 2.96 bits per heavy atom. The van der Waals surface area contributed by atoms with Gasteiger partial charge in [-0.25, -0.2) is 8.42 Å². The van der Waals surface area contributed by atoms with Gasteiger partial charge in [0.1, 0.15) is 4.90 Å². The van der Waals surface area contributed by atoms with Crippen molar-refractivity contribution in [3.63, 3.8) is 0 Å². The molecule has 23 heavy (non-hydrogen) atoms. The molecule has 0 saturated carbocycles. The number of sulfonamides is 1. The summed E-state index contributed by atoms with van der Waals surface area (Å²) in [6.45, 7) is 1.19. The van der Waals surface area contributed by atoms with Gasteiger partial charge >= 0.3 is 0 Å². The van der Waals surface area contributed by atoms with Gasteiger partial charge in [-0.15, -0.1) is 0 Å². The van der Waals surface area contributed by atoms with Gasteiger partial charge in [0.15, 0.2) is 0 Å². The number of nitrogens with one attached hydrogen (secondary N) is 2. The van der Waals surface area contributed by atoms with Crippen molar-refractivity contribution in [1.29, 1.82) is 0 Å². The molecule has 1 aliphatic rings. The molecule has 0 bridgehead atoms. The Morgan fingerprint density at radius 2 is 2.22 bits per heavy atom. The lowest BCUT2D eigenvalue weighted by atomic mass is 10.2. The summed E-state index contributed by atoms with van der Waals surface area (Å²) in [5.41, 5.74) is 1.08. The maximum Gasteiger partial charge on any atom is 0.264 e. The lowest BCUT2D eigenvalue weighted by molar-refractivity contribution is -0.0286. The second kappa shape index (κ2) is 5.26. The van der Waals surface area contributed by atoms with E-state index in [-0.39, 0.29) is 10.9 Å². The van der Waals surface area contributed by atoms with Crippen LogP contribution in [-0.4, -0.2) is 36.4 Å². The van der Waals surface area contributed by atoms with Gasteiger partial charge in [0.05, 0.1) is 31.1 Å². The SMILES string of the molecule is O=S(=O)(Nc1cnn(C2COC2)c1)c1c[nH]c2cc(Cl)ccc12. The molecule has 1 saturated heterocycles. The highest BCUT2D eigenvalue weighted by atomic mass is 35.5. The van der Waals surface area contributed by atoms with Crippen LogP contribution in [0.25, 0.3) is 10.9 Å². The fourth-order valence-corrected chi connectivity index (χ4v) is 3.85. The molecule has 3 heterocycles. The van der Waals surface area contributed by atoms with E-state index in [1.54, 1.807) is 29.1 Å². The van der Waals surface area contributed by atoms with Crippen molar-refractivity contribution < 1.29 is 13.2 Å². The number of aromatic nitrogens is 3. The van der Waals surface area contributed by atoms with Gasteiger partial charge in [-0.2, -0.15) is 5.10 Å². The van der Waals surface area contributed by atoms with Crippen LogP contribution < -0.4 is 4.72 Å². The maximum atomic E-state index is 12.6. The summed E-state index contributed by atoms with van der Waals surface area (Å²) in [5, 5.41) is 5.29. The number of anilines is 1. The van der Waals surface area contributed by atoms with E-state index in [4.69, 9.17) is 16.3 Å². The average molecular weight is 353 g/mol. The van der Waals surface area contributed by atoms with Crippen LogP contribution in [0.1, 0.15) is 6.04 Å². The third-order valence-corrected chi connectivity index (χ3v) is 5.40. The number of hydrogen-bond acceptors (Lipinski definition) is 4. The van der Waals surface area contributed by atoms with Crippen molar-refractivity contribution in [1.82, 2.24) is 14.8 Å². The lowest BCUT2D eigenvalue weighted by Gasteiger charge is -2.25. The predicted molar refractivity (Wildman–Crippen MR) is 86.2 cm³/mol. The van der Waals surface area contributed by atoms with Crippen LogP contribution in [0.4, 0.5) is 5.69 Å². The second-order valence-corrected chi connectivity index (χ2v) is 7.44. The lowest BCUT2D eigenvalue weighted by Crippen LogP contribution is -2.30. The van der Waals surface area contributed by atoms with Crippen LogP contribution in [0.3, 0.4) is 0 Å². The molecule has 120 valence electrons. The summed E-state index contributed by atoms with van der Waals surface area (Å²) < 4.78 is 34.5. The van der Waals surface area contributed by atoms with Crippen molar-refractivity contribution in [3.8, 4) is 0 Å². The first-order valence-electron chi connectivity index (χ1n) is 6.94. The molecule has 0 amide bonds. The molecular weight excluding hydrogens is 340 g/mol. The second-order valence-electron chi connectivity index (χ2n) is 5.35. The molecule has 3 aromatic rings. The van der Waals surface area contributed by atoms with E-state index in [0.29, 0.717) is 34.8 Å². The highest BCUT2D eigenvalue weighted by Gasteiger charge is 2.23. The van der Waals surface area contributed by atoms with Gasteiger partial charge in [0, 0.05) is 28.3 Å². The highest BCUT2D eigenvalue weighted by Crippen LogP contribution is 2.27. The molecule has 2 N–H and O–H groups in total. The number of H-pyrrole nitrogens is 1. The van der Waals surface area contributed by atoms with E-state index in [2.05, 4.69) is 14.8 Å². The number of aromatic amines is 1. The Labute approximate surface area is 137 Å². The minimum atomic E-state index is -3.72. The van der Waals surface area contributed by atoms with Gasteiger partial charge in [-0.1, -0.05) is 11.6 Å². The third kappa shape index (κ3) is 2.58. The van der Waals surface area contributed by atoms with E-state index in [1.165, 1.54) is 12.4 Å². The van der Waals surface area contributed by atoms with E-state index < -0.39 is 10.0 Å². The first-order chi connectivity index (χ1) is 11.0. The third-order valence-electron chi connectivity index (χ3n) is 3.74. The highest BCUT2D eigenvalue weighted by molar-refractivity contribution is 7.93. The van der Waals surface area contributed by atoms with E-state index >= 15 is 0 Å². The molecule has 9 heteroatoms. The van der Waals surface area contributed by atoms with Crippen molar-refractivity contribution >= 4 is 38.2 Å². The van der Waals surface area contributed by atoms with Gasteiger partial charge in [0.2, 0.25) is 0 Å². The van der Waals surface area contributed by atoms with Crippen molar-refractivity contribution in [2.75, 3.05) is 17.9 Å². The van der Waals surface area contributed by atoms with Crippen LogP contribution in [0, 0.1) is 0 Å². The van der Waals surface area contributed by atoms with E-state index in [9.17, 15) is 8.42 Å². The summed E-state index contributed by atoms with van der Waals surface area (Å²) in [6, 6.07) is 5.19. The van der Waals surface area contributed by atoms with Crippen LogP contribution in [0.15, 0.2) is 41.7 Å². The first-order valence-corrected chi connectivity index (χ1v) is 8.80. The van der Waals surface area contributed by atoms with Gasteiger partial charge in [-0.05, 0) is 18.2 Å². The molecule has 4 rings (SSSR count). The largest absolute Gasteiger partial charge is 0.377 e. The Kier molecular flexibility index (Phi) is 3.33. The molecule has 0 aliphatic carbocycles. The Bertz CT molecular complexity index is 975. The smallest absolute Gasteiger partial charge is 0.264 e. The quantitative estimate of drug-likeness (QED) is 0.754. The summed E-state index contributed by atoms with van der Waals surface area (Å²) in [6.07, 6.45) is 4.60. The zero-order valence-corrected chi connectivity index (χ0v) is 13.4. The number of ether oxygens (including phenoxy) is 1.